The first-order chi connectivity index (χ1) is 19.2. The lowest BCUT2D eigenvalue weighted by atomic mass is 10.2. The molecule has 1 aromatic heterocycles. The van der Waals surface area contributed by atoms with Crippen LogP contribution in [-0.4, -0.2) is 24.3 Å². The third kappa shape index (κ3) is 6.31. The fourth-order valence-electron chi connectivity index (χ4n) is 3.82. The zero-order valence-electron chi connectivity index (χ0n) is 20.5. The summed E-state index contributed by atoms with van der Waals surface area (Å²) in [6.07, 6.45) is 0. The van der Waals surface area contributed by atoms with Crippen molar-refractivity contribution in [2.24, 2.45) is 0 Å². The van der Waals surface area contributed by atoms with E-state index in [9.17, 15) is 18.0 Å². The summed E-state index contributed by atoms with van der Waals surface area (Å²) in [4.78, 5) is 32.5. The minimum Gasteiger partial charge on any atom is -0.322 e. The molecule has 1 heterocycles. The summed E-state index contributed by atoms with van der Waals surface area (Å²) in [5, 5.41) is 3.58. The van der Waals surface area contributed by atoms with E-state index in [0.717, 1.165) is 5.56 Å². The van der Waals surface area contributed by atoms with E-state index >= 15 is 0 Å². The quantitative estimate of drug-likeness (QED) is 0.171. The number of aromatic nitrogens is 2. The molecule has 5 rings (SSSR count). The number of fused-ring (bicyclic) bond motifs is 1. The number of hydrogen-bond donors (Lipinski definition) is 3. The zero-order valence-corrected chi connectivity index (χ0v) is 23.7. The molecule has 0 atom stereocenters. The second kappa shape index (κ2) is 11.7. The van der Waals surface area contributed by atoms with E-state index in [2.05, 4.69) is 20.0 Å². The third-order valence-electron chi connectivity index (χ3n) is 5.75. The van der Waals surface area contributed by atoms with Crippen LogP contribution in [0.25, 0.3) is 10.9 Å². The van der Waals surface area contributed by atoms with Crippen molar-refractivity contribution in [2.45, 2.75) is 15.5 Å². The van der Waals surface area contributed by atoms with Crippen molar-refractivity contribution in [3.63, 3.8) is 0 Å². The fourth-order valence-corrected chi connectivity index (χ4v) is 6.74. The standard InChI is InChI=1S/C28H20Cl2N4O4S2/c29-18-10-12-19(13-11-18)31-27(36)21-14-25(24(15-22(21)30)39-16-17-6-2-1-3-7-17)40(37,38)34-28-32-23-9-5-4-8-20(23)26(35)33-28/h1-15H,16H2,(H,31,36)(H2,32,33,34,35). The number of nitrogens with zero attached hydrogens (tertiary/aromatic N) is 1. The van der Waals surface area contributed by atoms with Gasteiger partial charge in [-0.3, -0.25) is 14.6 Å². The molecule has 0 aliphatic heterocycles. The summed E-state index contributed by atoms with van der Waals surface area (Å²) in [5.74, 6) is -0.424. The van der Waals surface area contributed by atoms with Crippen LogP contribution in [0, 0.1) is 0 Å². The largest absolute Gasteiger partial charge is 0.322 e. The number of aromatic amines is 1. The molecule has 5 aromatic rings. The first-order valence-electron chi connectivity index (χ1n) is 11.8. The summed E-state index contributed by atoms with van der Waals surface area (Å²) >= 11 is 13.7. The molecule has 0 saturated carbocycles. The second-order valence-electron chi connectivity index (χ2n) is 8.55. The van der Waals surface area contributed by atoms with Crippen LogP contribution >= 0.6 is 35.0 Å². The Labute approximate surface area is 243 Å². The van der Waals surface area contributed by atoms with Gasteiger partial charge in [0.25, 0.3) is 21.5 Å². The van der Waals surface area contributed by atoms with Crippen LogP contribution in [-0.2, 0) is 15.8 Å². The Kier molecular flexibility index (Phi) is 8.13. The molecule has 0 fully saturated rings. The Hall–Kier alpha value is -3.83. The highest BCUT2D eigenvalue weighted by Gasteiger charge is 2.25. The van der Waals surface area contributed by atoms with E-state index in [0.29, 0.717) is 32.3 Å². The second-order valence-corrected chi connectivity index (χ2v) is 12.1. The first-order valence-corrected chi connectivity index (χ1v) is 15.0. The maximum absolute atomic E-state index is 13.7. The number of rotatable bonds is 8. The van der Waals surface area contributed by atoms with Crippen molar-refractivity contribution < 1.29 is 13.2 Å². The number of nitrogens with one attached hydrogen (secondary N) is 3. The van der Waals surface area contributed by atoms with Crippen LogP contribution in [0.2, 0.25) is 10.0 Å². The number of H-pyrrole nitrogens is 1. The van der Waals surface area contributed by atoms with E-state index in [1.165, 1.54) is 23.9 Å². The maximum Gasteiger partial charge on any atom is 0.265 e. The fraction of sp³-hybridized carbons (Fsp3) is 0.0357. The molecular weight excluding hydrogens is 591 g/mol. The third-order valence-corrected chi connectivity index (χ3v) is 8.95. The number of carbonyl (C=O) groups is 1. The molecule has 0 aliphatic rings. The van der Waals surface area contributed by atoms with Crippen molar-refractivity contribution in [1.29, 1.82) is 0 Å². The summed E-state index contributed by atoms with van der Waals surface area (Å²) in [6, 6.07) is 25.1. The van der Waals surface area contributed by atoms with Gasteiger partial charge in [0.2, 0.25) is 5.95 Å². The van der Waals surface area contributed by atoms with Crippen LogP contribution in [0.1, 0.15) is 15.9 Å². The maximum atomic E-state index is 13.7. The predicted molar refractivity (Wildman–Crippen MR) is 160 cm³/mol. The molecule has 0 bridgehead atoms. The molecule has 0 aliphatic carbocycles. The minimum atomic E-state index is -4.34. The molecule has 3 N–H and O–H groups in total. The Balaban J connectivity index is 1.53. The van der Waals surface area contributed by atoms with Crippen molar-refractivity contribution in [1.82, 2.24) is 9.97 Å². The molecule has 4 aromatic carbocycles. The first kappa shape index (κ1) is 27.7. The number of sulfonamides is 1. The summed E-state index contributed by atoms with van der Waals surface area (Å²) in [7, 11) is -4.34. The van der Waals surface area contributed by atoms with Crippen LogP contribution in [0.4, 0.5) is 11.6 Å². The van der Waals surface area contributed by atoms with E-state index in [1.807, 2.05) is 30.3 Å². The minimum absolute atomic E-state index is 0.0546. The Morgan fingerprint density at radius 2 is 1.62 bits per heavy atom. The molecule has 0 saturated heterocycles. The highest BCUT2D eigenvalue weighted by Crippen LogP contribution is 2.35. The lowest BCUT2D eigenvalue weighted by Crippen LogP contribution is -2.20. The van der Waals surface area contributed by atoms with Gasteiger partial charge in [0.05, 0.1) is 21.5 Å². The summed E-state index contributed by atoms with van der Waals surface area (Å²) in [6.45, 7) is 0. The SMILES string of the molecule is O=C(Nc1ccc(Cl)cc1)c1cc(S(=O)(=O)Nc2nc3ccccc3c(=O)[nH]2)c(SCc2ccccc2)cc1Cl. The smallest absolute Gasteiger partial charge is 0.265 e. The Bertz CT molecular complexity index is 1880. The van der Waals surface area contributed by atoms with Crippen molar-refractivity contribution in [2.75, 3.05) is 10.0 Å². The Morgan fingerprint density at radius 1 is 0.925 bits per heavy atom. The van der Waals surface area contributed by atoms with E-state index in [4.69, 9.17) is 23.2 Å². The molecular formula is C28H20Cl2N4O4S2. The number of anilines is 2. The number of benzene rings is 4. The van der Waals surface area contributed by atoms with Crippen molar-refractivity contribution in [3.05, 3.63) is 123 Å². The van der Waals surface area contributed by atoms with Gasteiger partial charge >= 0.3 is 0 Å². The van der Waals surface area contributed by atoms with Gasteiger partial charge in [0.1, 0.15) is 4.90 Å². The number of hydrogen-bond acceptors (Lipinski definition) is 6. The molecule has 0 radical (unpaired) electrons. The van der Waals surface area contributed by atoms with E-state index in [-0.39, 0.29) is 21.4 Å². The van der Waals surface area contributed by atoms with E-state index in [1.54, 1.807) is 48.5 Å². The predicted octanol–water partition coefficient (Wildman–Crippen LogP) is 6.58. The molecule has 12 heteroatoms. The van der Waals surface area contributed by atoms with Gasteiger partial charge < -0.3 is 5.32 Å². The topological polar surface area (TPSA) is 121 Å². The number of amides is 1. The number of halogens is 2. The lowest BCUT2D eigenvalue weighted by Gasteiger charge is -2.15. The average Bonchev–Trinajstić information content (AvgIpc) is 2.93. The monoisotopic (exact) mass is 610 g/mol. The molecule has 1 amide bonds. The number of thioether (sulfide) groups is 1. The van der Waals surface area contributed by atoms with Gasteiger partial charge in [-0.15, -0.1) is 11.8 Å². The lowest BCUT2D eigenvalue weighted by molar-refractivity contribution is 0.102. The normalized spacial score (nSPS) is 11.3. The van der Waals surface area contributed by atoms with Crippen LogP contribution < -0.4 is 15.6 Å². The van der Waals surface area contributed by atoms with Gasteiger partial charge in [0.15, 0.2) is 0 Å². The van der Waals surface area contributed by atoms with Crippen molar-refractivity contribution in [3.8, 4) is 0 Å². The molecule has 40 heavy (non-hydrogen) atoms. The summed E-state index contributed by atoms with van der Waals surface area (Å²) in [5.41, 5.74) is 1.18. The molecule has 8 nitrogen and oxygen atoms in total. The van der Waals surface area contributed by atoms with Crippen LogP contribution in [0.3, 0.4) is 0 Å². The van der Waals surface area contributed by atoms with E-state index < -0.39 is 21.5 Å². The number of carbonyl (C=O) groups excluding carboxylic acids is 1. The molecule has 0 unspecified atom stereocenters. The van der Waals surface area contributed by atoms with Gasteiger partial charge in [-0.1, -0.05) is 65.7 Å². The number of para-hydroxylation sites is 1. The van der Waals surface area contributed by atoms with Gasteiger partial charge in [-0.25, -0.2) is 18.1 Å². The van der Waals surface area contributed by atoms with Gasteiger partial charge in [-0.2, -0.15) is 0 Å². The molecule has 202 valence electrons. The van der Waals surface area contributed by atoms with Crippen LogP contribution in [0.15, 0.2) is 106 Å². The van der Waals surface area contributed by atoms with Gasteiger partial charge in [-0.05, 0) is 54.1 Å². The van der Waals surface area contributed by atoms with Crippen molar-refractivity contribution >= 4 is 73.4 Å². The zero-order chi connectivity index (χ0) is 28.3. The highest BCUT2D eigenvalue weighted by atomic mass is 35.5. The van der Waals surface area contributed by atoms with Gasteiger partial charge in [0, 0.05) is 21.4 Å². The average molecular weight is 612 g/mol. The summed E-state index contributed by atoms with van der Waals surface area (Å²) < 4.78 is 29.7. The van der Waals surface area contributed by atoms with Crippen LogP contribution in [0.5, 0.6) is 0 Å². The highest BCUT2D eigenvalue weighted by molar-refractivity contribution is 7.99. The Morgan fingerprint density at radius 3 is 2.38 bits per heavy atom. The molecule has 0 spiro atoms.